The summed E-state index contributed by atoms with van der Waals surface area (Å²) in [5.74, 6) is 0.0579. The molecule has 0 bridgehead atoms. The average Bonchev–Trinajstić information content (AvgIpc) is 2.87. The molecular formula is C29H32Cl2N2O3. The number of rotatable bonds is 11. The van der Waals surface area contributed by atoms with E-state index in [2.05, 4.69) is 5.32 Å². The summed E-state index contributed by atoms with van der Waals surface area (Å²) in [6.07, 6.45) is 1.17. The minimum Gasteiger partial charge on any atom is -0.484 e. The fourth-order valence-electron chi connectivity index (χ4n) is 3.97. The third-order valence-electron chi connectivity index (χ3n) is 5.83. The lowest BCUT2D eigenvalue weighted by Crippen LogP contribution is -2.51. The molecule has 3 aromatic rings. The van der Waals surface area contributed by atoms with Crippen molar-refractivity contribution >= 4 is 35.0 Å². The topological polar surface area (TPSA) is 58.6 Å². The third kappa shape index (κ3) is 7.74. The summed E-state index contributed by atoms with van der Waals surface area (Å²) in [6.45, 7) is 6.31. The molecule has 0 spiro atoms. The fraction of sp³-hybridized carbons (Fsp3) is 0.310. The number of carbonyl (C=O) groups excluding carboxylic acids is 2. The van der Waals surface area contributed by atoms with Gasteiger partial charge in [0.2, 0.25) is 5.91 Å². The summed E-state index contributed by atoms with van der Waals surface area (Å²) >= 11 is 12.5. The lowest BCUT2D eigenvalue weighted by atomic mass is 10.0. The van der Waals surface area contributed by atoms with Crippen LogP contribution < -0.4 is 10.1 Å². The highest BCUT2D eigenvalue weighted by atomic mass is 35.5. The average molecular weight is 527 g/mol. The van der Waals surface area contributed by atoms with Crippen LogP contribution in [-0.2, 0) is 22.6 Å². The van der Waals surface area contributed by atoms with Crippen LogP contribution in [0.15, 0.2) is 66.7 Å². The van der Waals surface area contributed by atoms with Crippen LogP contribution in [0.4, 0.5) is 0 Å². The number of carbonyl (C=O) groups is 2. The Labute approximate surface area is 223 Å². The third-order valence-corrected chi connectivity index (χ3v) is 6.67. The predicted octanol–water partition coefficient (Wildman–Crippen LogP) is 6.16. The Kier molecular flexibility index (Phi) is 10.2. The van der Waals surface area contributed by atoms with Gasteiger partial charge in [-0.1, -0.05) is 72.6 Å². The minimum atomic E-state index is -0.720. The van der Waals surface area contributed by atoms with Crippen molar-refractivity contribution in [2.75, 3.05) is 13.2 Å². The van der Waals surface area contributed by atoms with Gasteiger partial charge in [-0.3, -0.25) is 9.59 Å². The second-order valence-corrected chi connectivity index (χ2v) is 9.62. The van der Waals surface area contributed by atoms with Gasteiger partial charge in [0, 0.05) is 29.6 Å². The molecule has 0 radical (unpaired) electrons. The van der Waals surface area contributed by atoms with Gasteiger partial charge in [-0.25, -0.2) is 0 Å². The number of hydrogen-bond acceptors (Lipinski definition) is 3. The molecule has 0 heterocycles. The van der Waals surface area contributed by atoms with E-state index in [4.69, 9.17) is 27.9 Å². The molecule has 2 amide bonds. The van der Waals surface area contributed by atoms with Crippen LogP contribution in [-0.4, -0.2) is 35.9 Å². The first kappa shape index (κ1) is 27.6. The monoisotopic (exact) mass is 526 g/mol. The second kappa shape index (κ2) is 13.3. The first-order valence-electron chi connectivity index (χ1n) is 12.0. The largest absolute Gasteiger partial charge is 0.484 e. The van der Waals surface area contributed by atoms with Crippen molar-refractivity contribution in [3.8, 4) is 5.75 Å². The van der Waals surface area contributed by atoms with E-state index in [-0.39, 0.29) is 25.0 Å². The van der Waals surface area contributed by atoms with E-state index in [0.717, 1.165) is 28.7 Å². The molecule has 0 saturated heterocycles. The smallest absolute Gasteiger partial charge is 0.261 e. The second-order valence-electron chi connectivity index (χ2n) is 8.81. The normalized spacial score (nSPS) is 11.6. The van der Waals surface area contributed by atoms with Crippen LogP contribution in [0.2, 0.25) is 10.0 Å². The Morgan fingerprint density at radius 3 is 2.25 bits per heavy atom. The summed E-state index contributed by atoms with van der Waals surface area (Å²) in [7, 11) is 0. The van der Waals surface area contributed by atoms with Gasteiger partial charge in [0.15, 0.2) is 6.61 Å². The fourth-order valence-corrected chi connectivity index (χ4v) is 4.29. The Morgan fingerprint density at radius 2 is 1.61 bits per heavy atom. The Bertz CT molecular complexity index is 1160. The van der Waals surface area contributed by atoms with Crippen LogP contribution >= 0.6 is 23.2 Å². The van der Waals surface area contributed by atoms with E-state index in [9.17, 15) is 9.59 Å². The lowest BCUT2D eigenvalue weighted by Gasteiger charge is -2.31. The molecule has 1 N–H and O–H groups in total. The Balaban J connectivity index is 1.91. The highest BCUT2D eigenvalue weighted by molar-refractivity contribution is 6.32. The SMILES string of the molecule is CCCNC(=O)[C@H](Cc1ccccc1)N(Cc1cccc(Cl)c1)C(=O)COc1cc(C)c(Cl)c(C)c1. The van der Waals surface area contributed by atoms with Crippen LogP contribution in [0.5, 0.6) is 5.75 Å². The number of halogens is 2. The van der Waals surface area contributed by atoms with Crippen LogP contribution in [0.3, 0.4) is 0 Å². The molecule has 3 aromatic carbocycles. The molecule has 0 aliphatic carbocycles. The van der Waals surface area contributed by atoms with Gasteiger partial charge in [-0.15, -0.1) is 0 Å². The molecular weight excluding hydrogens is 495 g/mol. The van der Waals surface area contributed by atoms with E-state index in [0.29, 0.717) is 28.8 Å². The van der Waals surface area contributed by atoms with E-state index < -0.39 is 6.04 Å². The number of nitrogens with one attached hydrogen (secondary N) is 1. The van der Waals surface area contributed by atoms with Gasteiger partial charge < -0.3 is 15.0 Å². The molecule has 7 heteroatoms. The van der Waals surface area contributed by atoms with Gasteiger partial charge in [0.25, 0.3) is 5.91 Å². The minimum absolute atomic E-state index is 0.200. The van der Waals surface area contributed by atoms with Crippen molar-refractivity contribution in [1.82, 2.24) is 10.2 Å². The van der Waals surface area contributed by atoms with Crippen molar-refractivity contribution in [3.63, 3.8) is 0 Å². The molecule has 5 nitrogen and oxygen atoms in total. The summed E-state index contributed by atoms with van der Waals surface area (Å²) < 4.78 is 5.88. The number of hydrogen-bond donors (Lipinski definition) is 1. The summed E-state index contributed by atoms with van der Waals surface area (Å²) in [5.41, 5.74) is 3.53. The lowest BCUT2D eigenvalue weighted by molar-refractivity contribution is -0.142. The molecule has 0 fully saturated rings. The maximum Gasteiger partial charge on any atom is 0.261 e. The van der Waals surface area contributed by atoms with E-state index in [1.54, 1.807) is 29.2 Å². The quantitative estimate of drug-likeness (QED) is 0.325. The number of amides is 2. The maximum absolute atomic E-state index is 13.6. The zero-order valence-electron chi connectivity index (χ0n) is 20.9. The molecule has 0 aromatic heterocycles. The van der Waals surface area contributed by atoms with Crippen LogP contribution in [0.1, 0.15) is 35.6 Å². The molecule has 3 rings (SSSR count). The molecule has 190 valence electrons. The standard InChI is InChI=1S/C29H32Cl2N2O3/c1-4-13-32-29(35)26(17-22-9-6-5-7-10-22)33(18-23-11-8-12-24(30)16-23)27(34)19-36-25-14-20(2)28(31)21(3)15-25/h5-12,14-16,26H,4,13,17-19H2,1-3H3,(H,32,35)/t26-/m0/s1. The summed E-state index contributed by atoms with van der Waals surface area (Å²) in [5, 5.41) is 4.21. The van der Waals surface area contributed by atoms with Crippen molar-refractivity contribution in [1.29, 1.82) is 0 Å². The summed E-state index contributed by atoms with van der Waals surface area (Å²) in [6, 6.07) is 19.9. The van der Waals surface area contributed by atoms with E-state index in [1.165, 1.54) is 0 Å². The van der Waals surface area contributed by atoms with Crippen molar-refractivity contribution in [3.05, 3.63) is 99.0 Å². The maximum atomic E-state index is 13.6. The summed E-state index contributed by atoms with van der Waals surface area (Å²) in [4.78, 5) is 28.5. The number of ether oxygens (including phenoxy) is 1. The molecule has 0 unspecified atom stereocenters. The van der Waals surface area contributed by atoms with Crippen molar-refractivity contribution < 1.29 is 14.3 Å². The predicted molar refractivity (Wildman–Crippen MR) is 146 cm³/mol. The van der Waals surface area contributed by atoms with Gasteiger partial charge in [-0.2, -0.15) is 0 Å². The van der Waals surface area contributed by atoms with Crippen molar-refractivity contribution in [2.45, 2.75) is 46.2 Å². The molecule has 0 saturated carbocycles. The number of aryl methyl sites for hydroxylation is 2. The van der Waals surface area contributed by atoms with Gasteiger partial charge in [0.1, 0.15) is 11.8 Å². The number of nitrogens with zero attached hydrogens (tertiary/aromatic N) is 1. The van der Waals surface area contributed by atoms with Crippen LogP contribution in [0.25, 0.3) is 0 Å². The van der Waals surface area contributed by atoms with Crippen LogP contribution in [0, 0.1) is 13.8 Å². The highest BCUT2D eigenvalue weighted by Crippen LogP contribution is 2.26. The van der Waals surface area contributed by atoms with Gasteiger partial charge >= 0.3 is 0 Å². The number of benzene rings is 3. The van der Waals surface area contributed by atoms with Crippen molar-refractivity contribution in [2.24, 2.45) is 0 Å². The first-order valence-corrected chi connectivity index (χ1v) is 12.8. The zero-order valence-corrected chi connectivity index (χ0v) is 22.4. The first-order chi connectivity index (χ1) is 17.3. The molecule has 0 aliphatic heterocycles. The van der Waals surface area contributed by atoms with E-state index >= 15 is 0 Å². The van der Waals surface area contributed by atoms with E-state index in [1.807, 2.05) is 63.2 Å². The molecule has 36 heavy (non-hydrogen) atoms. The Morgan fingerprint density at radius 1 is 0.944 bits per heavy atom. The highest BCUT2D eigenvalue weighted by Gasteiger charge is 2.30. The van der Waals surface area contributed by atoms with Gasteiger partial charge in [-0.05, 0) is 66.8 Å². The molecule has 0 aliphatic rings. The zero-order chi connectivity index (χ0) is 26.1. The Hall–Kier alpha value is -3.02. The molecule has 1 atom stereocenters. The van der Waals surface area contributed by atoms with Gasteiger partial charge in [0.05, 0.1) is 0 Å².